The Morgan fingerprint density at radius 3 is 2.32 bits per heavy atom. The Balaban J connectivity index is 1.79. The highest BCUT2D eigenvalue weighted by Crippen LogP contribution is 2.37. The number of nitrogens with two attached hydrogens (primary N) is 1. The normalized spacial score (nSPS) is 33.2. The van der Waals surface area contributed by atoms with Gasteiger partial charge in [-0.15, -0.1) is 0 Å². The van der Waals surface area contributed by atoms with E-state index in [2.05, 4.69) is 17.3 Å². The van der Waals surface area contributed by atoms with Crippen LogP contribution in [0.4, 0.5) is 0 Å². The molecule has 0 spiro atoms. The minimum Gasteiger partial charge on any atom is -0.354 e. The second-order valence-corrected chi connectivity index (χ2v) is 7.48. The average Bonchev–Trinajstić information content (AvgIpc) is 2.56. The van der Waals surface area contributed by atoms with Crippen molar-refractivity contribution in [1.82, 2.24) is 10.2 Å². The van der Waals surface area contributed by atoms with E-state index in [1.807, 2.05) is 20.8 Å². The number of fused-ring (bicyclic) bond motifs is 2. The summed E-state index contributed by atoms with van der Waals surface area (Å²) in [5.74, 6) is 0.628. The van der Waals surface area contributed by atoms with E-state index in [9.17, 15) is 4.79 Å². The standard InChI is InChI=1S/C15H29N3O/c1-15(2,3)13(16)14(19)17-9-10-7-11-5-6-12(8-10)18(11)4/h10-13H,5-9,16H2,1-4H3,(H,17,19)/t10?,11?,12?,13-/m1/s1. The van der Waals surface area contributed by atoms with Gasteiger partial charge in [0.25, 0.3) is 0 Å². The molecule has 0 saturated carbocycles. The summed E-state index contributed by atoms with van der Waals surface area (Å²) in [6, 6.07) is 1.05. The monoisotopic (exact) mass is 267 g/mol. The second-order valence-electron chi connectivity index (χ2n) is 7.48. The van der Waals surface area contributed by atoms with Gasteiger partial charge in [0.15, 0.2) is 0 Å². The van der Waals surface area contributed by atoms with E-state index in [0.29, 0.717) is 5.92 Å². The Labute approximate surface area is 117 Å². The second kappa shape index (κ2) is 5.41. The summed E-state index contributed by atoms with van der Waals surface area (Å²) >= 11 is 0. The van der Waals surface area contributed by atoms with E-state index in [0.717, 1.165) is 18.6 Å². The highest BCUT2D eigenvalue weighted by Gasteiger charge is 2.38. The fourth-order valence-corrected chi connectivity index (χ4v) is 3.44. The Kier molecular flexibility index (Phi) is 4.21. The molecule has 2 fully saturated rings. The fourth-order valence-electron chi connectivity index (χ4n) is 3.44. The first-order valence-corrected chi connectivity index (χ1v) is 7.54. The van der Waals surface area contributed by atoms with Gasteiger partial charge < -0.3 is 16.0 Å². The lowest BCUT2D eigenvalue weighted by Crippen LogP contribution is -2.50. The van der Waals surface area contributed by atoms with E-state index in [-0.39, 0.29) is 11.3 Å². The predicted octanol–water partition coefficient (Wildman–Crippen LogP) is 1.35. The zero-order valence-corrected chi connectivity index (χ0v) is 12.8. The van der Waals surface area contributed by atoms with Crippen molar-refractivity contribution in [3.8, 4) is 0 Å². The van der Waals surface area contributed by atoms with Gasteiger partial charge >= 0.3 is 0 Å². The molecule has 4 nitrogen and oxygen atoms in total. The Morgan fingerprint density at radius 1 is 1.32 bits per heavy atom. The summed E-state index contributed by atoms with van der Waals surface area (Å²) in [7, 11) is 2.24. The van der Waals surface area contributed by atoms with Crippen LogP contribution in [0, 0.1) is 11.3 Å². The molecule has 0 aliphatic carbocycles. The van der Waals surface area contributed by atoms with Crippen LogP contribution >= 0.6 is 0 Å². The number of nitrogens with one attached hydrogen (secondary N) is 1. The lowest BCUT2D eigenvalue weighted by molar-refractivity contribution is -0.124. The number of piperidine rings is 1. The highest BCUT2D eigenvalue weighted by molar-refractivity contribution is 5.82. The number of carbonyl (C=O) groups excluding carboxylic acids is 1. The summed E-state index contributed by atoms with van der Waals surface area (Å²) in [5, 5.41) is 3.06. The number of hydrogen-bond acceptors (Lipinski definition) is 3. The molecule has 2 bridgehead atoms. The van der Waals surface area contributed by atoms with Crippen LogP contribution in [-0.4, -0.2) is 42.5 Å². The molecule has 110 valence electrons. The van der Waals surface area contributed by atoms with E-state index in [4.69, 9.17) is 5.73 Å². The molecule has 3 N–H and O–H groups in total. The molecule has 2 saturated heterocycles. The largest absolute Gasteiger partial charge is 0.354 e. The molecule has 0 aromatic rings. The van der Waals surface area contributed by atoms with Gasteiger partial charge in [-0.05, 0) is 44.1 Å². The molecule has 0 aromatic carbocycles. The molecule has 4 heteroatoms. The molecule has 2 heterocycles. The van der Waals surface area contributed by atoms with Gasteiger partial charge in [0, 0.05) is 18.6 Å². The molecule has 3 atom stereocenters. The molecular formula is C15H29N3O. The van der Waals surface area contributed by atoms with Crippen LogP contribution in [0.25, 0.3) is 0 Å². The van der Waals surface area contributed by atoms with Gasteiger partial charge in [-0.2, -0.15) is 0 Å². The first-order chi connectivity index (χ1) is 8.79. The third-order valence-electron chi connectivity index (χ3n) is 4.98. The zero-order valence-electron chi connectivity index (χ0n) is 12.8. The summed E-state index contributed by atoms with van der Waals surface area (Å²) in [4.78, 5) is 14.6. The third-order valence-corrected chi connectivity index (χ3v) is 4.98. The quantitative estimate of drug-likeness (QED) is 0.811. The van der Waals surface area contributed by atoms with Crippen LogP contribution in [0.15, 0.2) is 0 Å². The first-order valence-electron chi connectivity index (χ1n) is 7.54. The Hall–Kier alpha value is -0.610. The minimum atomic E-state index is -0.421. The number of nitrogens with zero attached hydrogens (tertiary/aromatic N) is 1. The average molecular weight is 267 g/mol. The van der Waals surface area contributed by atoms with Crippen LogP contribution < -0.4 is 11.1 Å². The van der Waals surface area contributed by atoms with Gasteiger partial charge in [0.1, 0.15) is 0 Å². The summed E-state index contributed by atoms with van der Waals surface area (Å²) in [6.07, 6.45) is 5.09. The SMILES string of the molecule is CN1C2CCC1CC(CNC(=O)[C@@H](N)C(C)(C)C)C2. The van der Waals surface area contributed by atoms with Crippen LogP contribution in [-0.2, 0) is 4.79 Å². The van der Waals surface area contributed by atoms with Crippen LogP contribution in [0.2, 0.25) is 0 Å². The number of carbonyl (C=O) groups is 1. The molecule has 2 unspecified atom stereocenters. The number of rotatable bonds is 3. The molecular weight excluding hydrogens is 238 g/mol. The van der Waals surface area contributed by atoms with Crippen LogP contribution in [0.1, 0.15) is 46.5 Å². The number of amides is 1. The van der Waals surface area contributed by atoms with Crippen molar-refractivity contribution in [2.75, 3.05) is 13.6 Å². The number of hydrogen-bond donors (Lipinski definition) is 2. The van der Waals surface area contributed by atoms with Gasteiger partial charge in [-0.1, -0.05) is 20.8 Å². The molecule has 2 aliphatic rings. The van der Waals surface area contributed by atoms with E-state index in [1.165, 1.54) is 25.7 Å². The summed E-state index contributed by atoms with van der Waals surface area (Å²) < 4.78 is 0. The summed E-state index contributed by atoms with van der Waals surface area (Å²) in [5.41, 5.74) is 5.81. The van der Waals surface area contributed by atoms with Crippen LogP contribution in [0.3, 0.4) is 0 Å². The third kappa shape index (κ3) is 3.29. The van der Waals surface area contributed by atoms with Crippen molar-refractivity contribution < 1.29 is 4.79 Å². The zero-order chi connectivity index (χ0) is 14.2. The molecule has 0 aromatic heterocycles. The van der Waals surface area contributed by atoms with Gasteiger partial charge in [0.2, 0.25) is 5.91 Å². The fraction of sp³-hybridized carbons (Fsp3) is 0.933. The van der Waals surface area contributed by atoms with Crippen molar-refractivity contribution >= 4 is 5.91 Å². The van der Waals surface area contributed by atoms with Gasteiger partial charge in [-0.25, -0.2) is 0 Å². The van der Waals surface area contributed by atoms with Crippen molar-refractivity contribution in [3.05, 3.63) is 0 Å². The van der Waals surface area contributed by atoms with Crippen molar-refractivity contribution in [1.29, 1.82) is 0 Å². The molecule has 2 rings (SSSR count). The van der Waals surface area contributed by atoms with Crippen molar-refractivity contribution in [2.45, 2.75) is 64.6 Å². The maximum atomic E-state index is 12.0. The van der Waals surface area contributed by atoms with E-state index >= 15 is 0 Å². The highest BCUT2D eigenvalue weighted by atomic mass is 16.2. The smallest absolute Gasteiger partial charge is 0.237 e. The summed E-state index contributed by atoms with van der Waals surface area (Å²) in [6.45, 7) is 6.82. The van der Waals surface area contributed by atoms with Crippen LogP contribution in [0.5, 0.6) is 0 Å². The first kappa shape index (κ1) is 14.8. The topological polar surface area (TPSA) is 58.4 Å². The molecule has 0 radical (unpaired) electrons. The predicted molar refractivity (Wildman–Crippen MR) is 77.7 cm³/mol. The maximum absolute atomic E-state index is 12.0. The Bertz CT molecular complexity index is 323. The van der Waals surface area contributed by atoms with E-state index in [1.54, 1.807) is 0 Å². The Morgan fingerprint density at radius 2 is 1.84 bits per heavy atom. The molecule has 1 amide bonds. The lowest BCUT2D eigenvalue weighted by atomic mass is 9.86. The van der Waals surface area contributed by atoms with Crippen molar-refractivity contribution in [2.24, 2.45) is 17.1 Å². The molecule has 2 aliphatic heterocycles. The van der Waals surface area contributed by atoms with Gasteiger partial charge in [-0.3, -0.25) is 4.79 Å². The van der Waals surface area contributed by atoms with Gasteiger partial charge in [0.05, 0.1) is 6.04 Å². The minimum absolute atomic E-state index is 0.00113. The van der Waals surface area contributed by atoms with E-state index < -0.39 is 6.04 Å². The molecule has 19 heavy (non-hydrogen) atoms. The van der Waals surface area contributed by atoms with Crippen molar-refractivity contribution in [3.63, 3.8) is 0 Å². The lowest BCUT2D eigenvalue weighted by Gasteiger charge is -2.36. The maximum Gasteiger partial charge on any atom is 0.237 e.